The van der Waals surface area contributed by atoms with Crippen molar-refractivity contribution in [3.8, 4) is 0 Å². The van der Waals surface area contributed by atoms with E-state index in [-0.39, 0.29) is 0 Å². The minimum Gasteiger partial charge on any atom is -0.309 e. The fourth-order valence-corrected chi connectivity index (χ4v) is 4.01. The summed E-state index contributed by atoms with van der Waals surface area (Å²) in [5.74, 6) is 0.799. The molecule has 1 aromatic carbocycles. The van der Waals surface area contributed by atoms with Gasteiger partial charge in [-0.05, 0) is 60.7 Å². The first-order valence-electron chi connectivity index (χ1n) is 6.75. The molecule has 2 aliphatic rings. The van der Waals surface area contributed by atoms with E-state index in [2.05, 4.69) is 17.4 Å². The molecule has 2 fully saturated rings. The molecule has 0 aliphatic heterocycles. The van der Waals surface area contributed by atoms with E-state index in [1.165, 1.54) is 35.8 Å². The second-order valence-corrected chi connectivity index (χ2v) is 7.08. The molecule has 2 aliphatic carbocycles. The minimum atomic E-state index is 0.783. The van der Waals surface area contributed by atoms with Crippen molar-refractivity contribution in [2.24, 2.45) is 0 Å². The van der Waals surface area contributed by atoms with Crippen molar-refractivity contribution in [3.63, 3.8) is 0 Å². The smallest absolute Gasteiger partial charge is 0.0413 e. The minimum absolute atomic E-state index is 0.783. The predicted octanol–water partition coefficient (Wildman–Crippen LogP) is 4.68. The van der Waals surface area contributed by atoms with Gasteiger partial charge in [0.2, 0.25) is 0 Å². The molecule has 0 atom stereocenters. The molecule has 1 N–H and O–H groups in total. The molecule has 2 aromatic rings. The van der Waals surface area contributed by atoms with E-state index in [0.717, 1.165) is 23.5 Å². The molecule has 1 nitrogen and oxygen atoms in total. The Bertz CT molecular complexity index is 596. The van der Waals surface area contributed by atoms with Crippen LogP contribution < -0.4 is 5.32 Å². The van der Waals surface area contributed by atoms with Gasteiger partial charge in [0.15, 0.2) is 0 Å². The van der Waals surface area contributed by atoms with Gasteiger partial charge >= 0.3 is 0 Å². The van der Waals surface area contributed by atoms with E-state index in [0.29, 0.717) is 0 Å². The maximum Gasteiger partial charge on any atom is 0.0413 e. The first kappa shape index (κ1) is 11.3. The summed E-state index contributed by atoms with van der Waals surface area (Å²) < 4.78 is 1.40. The van der Waals surface area contributed by atoms with Crippen molar-refractivity contribution in [3.05, 3.63) is 33.7 Å². The van der Waals surface area contributed by atoms with Crippen LogP contribution in [0.2, 0.25) is 5.02 Å². The third kappa shape index (κ3) is 2.07. The number of hydrogen-bond donors (Lipinski definition) is 1. The Hall–Kier alpha value is -0.570. The first-order valence-corrected chi connectivity index (χ1v) is 7.95. The summed E-state index contributed by atoms with van der Waals surface area (Å²) in [6.45, 7) is 1.05. The second-order valence-electron chi connectivity index (χ2n) is 5.51. The zero-order valence-corrected chi connectivity index (χ0v) is 11.8. The Morgan fingerprint density at radius 3 is 2.78 bits per heavy atom. The van der Waals surface area contributed by atoms with Crippen LogP contribution in [-0.4, -0.2) is 6.04 Å². The number of fused-ring (bicyclic) bond motifs is 1. The monoisotopic (exact) mass is 277 g/mol. The van der Waals surface area contributed by atoms with Crippen molar-refractivity contribution in [2.45, 2.75) is 44.2 Å². The lowest BCUT2D eigenvalue weighted by Crippen LogP contribution is -2.15. The van der Waals surface area contributed by atoms with Crippen LogP contribution in [0.3, 0.4) is 0 Å². The summed E-state index contributed by atoms with van der Waals surface area (Å²) in [5, 5.41) is 5.92. The summed E-state index contributed by atoms with van der Waals surface area (Å²) in [7, 11) is 0. The van der Waals surface area contributed by atoms with Crippen LogP contribution in [0, 0.1) is 0 Å². The lowest BCUT2D eigenvalue weighted by Gasteiger charge is -2.04. The van der Waals surface area contributed by atoms with Crippen molar-refractivity contribution in [1.29, 1.82) is 0 Å². The van der Waals surface area contributed by atoms with Crippen LogP contribution in [0.4, 0.5) is 0 Å². The van der Waals surface area contributed by atoms with Gasteiger partial charge in [0.05, 0.1) is 0 Å². The van der Waals surface area contributed by atoms with Crippen LogP contribution in [0.1, 0.15) is 42.0 Å². The Balaban J connectivity index is 1.76. The number of halogens is 1. The molecule has 0 bridgehead atoms. The van der Waals surface area contributed by atoms with Gasteiger partial charge in [0.25, 0.3) is 0 Å². The van der Waals surface area contributed by atoms with E-state index >= 15 is 0 Å². The van der Waals surface area contributed by atoms with Crippen molar-refractivity contribution in [1.82, 2.24) is 5.32 Å². The lowest BCUT2D eigenvalue weighted by molar-refractivity contribution is 0.691. The summed E-state index contributed by atoms with van der Waals surface area (Å²) >= 11 is 8.10. The molecule has 0 unspecified atom stereocenters. The standard InChI is InChI=1S/C15H16ClNS/c16-10-3-6-13-12(7-10)15(9-1-2-9)14(18-13)8-17-11-4-5-11/h3,6-7,9,11,17H,1-2,4-5,8H2. The molecule has 4 rings (SSSR count). The third-order valence-electron chi connectivity index (χ3n) is 3.88. The highest BCUT2D eigenvalue weighted by atomic mass is 35.5. The summed E-state index contributed by atoms with van der Waals surface area (Å²) in [6.07, 6.45) is 5.43. The van der Waals surface area contributed by atoms with E-state index in [1.807, 2.05) is 17.4 Å². The van der Waals surface area contributed by atoms with Crippen LogP contribution in [0.25, 0.3) is 10.1 Å². The molecular weight excluding hydrogens is 262 g/mol. The first-order chi connectivity index (χ1) is 8.81. The molecule has 3 heteroatoms. The number of hydrogen-bond acceptors (Lipinski definition) is 2. The molecular formula is C15H16ClNS. The normalized spacial score (nSPS) is 19.6. The van der Waals surface area contributed by atoms with Gasteiger partial charge in [-0.25, -0.2) is 0 Å². The van der Waals surface area contributed by atoms with Crippen LogP contribution in [0.15, 0.2) is 18.2 Å². The average Bonchev–Trinajstić information content (AvgIpc) is 3.25. The molecule has 2 saturated carbocycles. The lowest BCUT2D eigenvalue weighted by atomic mass is 10.1. The summed E-state index contributed by atoms with van der Waals surface area (Å²) in [5.41, 5.74) is 1.59. The maximum absolute atomic E-state index is 6.15. The van der Waals surface area contributed by atoms with Gasteiger partial charge in [0, 0.05) is 27.2 Å². The Labute approximate surface area is 116 Å². The van der Waals surface area contributed by atoms with Crippen molar-refractivity contribution >= 4 is 33.0 Å². The molecule has 94 valence electrons. The second kappa shape index (κ2) is 4.22. The topological polar surface area (TPSA) is 12.0 Å². The Morgan fingerprint density at radius 2 is 2.06 bits per heavy atom. The highest BCUT2D eigenvalue weighted by Crippen LogP contribution is 2.48. The number of nitrogens with one attached hydrogen (secondary N) is 1. The quantitative estimate of drug-likeness (QED) is 0.855. The van der Waals surface area contributed by atoms with Crippen LogP contribution >= 0.6 is 22.9 Å². The van der Waals surface area contributed by atoms with E-state index in [9.17, 15) is 0 Å². The molecule has 1 heterocycles. The van der Waals surface area contributed by atoms with E-state index in [1.54, 1.807) is 10.4 Å². The van der Waals surface area contributed by atoms with Gasteiger partial charge in [0.1, 0.15) is 0 Å². The molecule has 0 saturated heterocycles. The fraction of sp³-hybridized carbons (Fsp3) is 0.467. The van der Waals surface area contributed by atoms with Gasteiger partial charge < -0.3 is 5.32 Å². The molecule has 18 heavy (non-hydrogen) atoms. The average molecular weight is 278 g/mol. The van der Waals surface area contributed by atoms with Gasteiger partial charge in [-0.2, -0.15) is 0 Å². The molecule has 0 amide bonds. The predicted molar refractivity (Wildman–Crippen MR) is 78.7 cm³/mol. The molecule has 0 spiro atoms. The van der Waals surface area contributed by atoms with Crippen molar-refractivity contribution in [2.75, 3.05) is 0 Å². The Kier molecular flexibility index (Phi) is 2.65. The van der Waals surface area contributed by atoms with Crippen molar-refractivity contribution < 1.29 is 0 Å². The van der Waals surface area contributed by atoms with Crippen LogP contribution in [0.5, 0.6) is 0 Å². The summed E-state index contributed by atoms with van der Waals surface area (Å²) in [4.78, 5) is 1.54. The highest BCUT2D eigenvalue weighted by Gasteiger charge is 2.30. The zero-order valence-electron chi connectivity index (χ0n) is 10.2. The maximum atomic E-state index is 6.15. The summed E-state index contributed by atoms with van der Waals surface area (Å²) in [6, 6.07) is 7.12. The van der Waals surface area contributed by atoms with Gasteiger partial charge in [-0.15, -0.1) is 11.3 Å². The van der Waals surface area contributed by atoms with Gasteiger partial charge in [-0.3, -0.25) is 0 Å². The highest BCUT2D eigenvalue weighted by molar-refractivity contribution is 7.19. The van der Waals surface area contributed by atoms with Gasteiger partial charge in [-0.1, -0.05) is 11.6 Å². The SMILES string of the molecule is Clc1ccc2sc(CNC3CC3)c(C3CC3)c2c1. The number of rotatable bonds is 4. The number of benzene rings is 1. The largest absolute Gasteiger partial charge is 0.309 e. The Morgan fingerprint density at radius 1 is 1.22 bits per heavy atom. The number of thiophene rings is 1. The van der Waals surface area contributed by atoms with Crippen LogP contribution in [-0.2, 0) is 6.54 Å². The van der Waals surface area contributed by atoms with E-state index < -0.39 is 0 Å². The molecule has 0 radical (unpaired) electrons. The third-order valence-corrected chi connectivity index (χ3v) is 5.30. The zero-order chi connectivity index (χ0) is 12.1. The van der Waals surface area contributed by atoms with E-state index in [4.69, 9.17) is 11.6 Å². The fourth-order valence-electron chi connectivity index (χ4n) is 2.61. The molecule has 1 aromatic heterocycles.